The van der Waals surface area contributed by atoms with Gasteiger partial charge in [0, 0.05) is 36.9 Å². The van der Waals surface area contributed by atoms with Crippen molar-refractivity contribution in [3.05, 3.63) is 18.0 Å². The topological polar surface area (TPSA) is 55.0 Å². The molecule has 1 unspecified atom stereocenters. The number of nitrogens with zero attached hydrogens (tertiary/aromatic N) is 3. The highest BCUT2D eigenvalue weighted by Crippen LogP contribution is 2.33. The lowest BCUT2D eigenvalue weighted by Crippen LogP contribution is -2.43. The lowest BCUT2D eigenvalue weighted by atomic mass is 10.0. The van der Waals surface area contributed by atoms with Crippen molar-refractivity contribution in [2.45, 2.75) is 50.5 Å². The summed E-state index contributed by atoms with van der Waals surface area (Å²) in [6.45, 7) is 1.94. The van der Waals surface area contributed by atoms with Gasteiger partial charge in [0.15, 0.2) is 0 Å². The van der Waals surface area contributed by atoms with Crippen molar-refractivity contribution in [2.24, 2.45) is 5.73 Å². The third-order valence-corrected chi connectivity index (χ3v) is 4.18. The summed E-state index contributed by atoms with van der Waals surface area (Å²) < 4.78 is 0. The van der Waals surface area contributed by atoms with E-state index in [1.165, 1.54) is 31.4 Å². The SMILES string of the molecule is NC1CCCN(c2nccc(C3CCCC3)n2)C1. The number of nitrogens with two attached hydrogens (primary N) is 1. The zero-order valence-corrected chi connectivity index (χ0v) is 10.9. The van der Waals surface area contributed by atoms with Gasteiger partial charge >= 0.3 is 0 Å². The molecule has 1 atom stereocenters. The van der Waals surface area contributed by atoms with Crippen molar-refractivity contribution in [1.29, 1.82) is 0 Å². The van der Waals surface area contributed by atoms with Crippen molar-refractivity contribution in [1.82, 2.24) is 9.97 Å². The molecule has 1 saturated carbocycles. The molecule has 0 radical (unpaired) electrons. The number of piperidine rings is 1. The van der Waals surface area contributed by atoms with Gasteiger partial charge in [-0.05, 0) is 31.7 Å². The van der Waals surface area contributed by atoms with Crippen LogP contribution in [0.3, 0.4) is 0 Å². The van der Waals surface area contributed by atoms with Crippen LogP contribution < -0.4 is 10.6 Å². The summed E-state index contributed by atoms with van der Waals surface area (Å²) in [6.07, 6.45) is 9.45. The average molecular weight is 246 g/mol. The summed E-state index contributed by atoms with van der Waals surface area (Å²) in [5.74, 6) is 1.54. The minimum Gasteiger partial charge on any atom is -0.339 e. The number of hydrogen-bond acceptors (Lipinski definition) is 4. The van der Waals surface area contributed by atoms with Gasteiger partial charge in [0.25, 0.3) is 0 Å². The van der Waals surface area contributed by atoms with E-state index in [-0.39, 0.29) is 6.04 Å². The molecule has 98 valence electrons. The van der Waals surface area contributed by atoms with Crippen LogP contribution in [-0.2, 0) is 0 Å². The predicted octanol–water partition coefficient (Wildman–Crippen LogP) is 2.06. The van der Waals surface area contributed by atoms with Gasteiger partial charge in [0.05, 0.1) is 0 Å². The number of anilines is 1. The fourth-order valence-electron chi connectivity index (χ4n) is 3.15. The van der Waals surface area contributed by atoms with Crippen LogP contribution in [0.25, 0.3) is 0 Å². The van der Waals surface area contributed by atoms with Crippen molar-refractivity contribution >= 4 is 5.95 Å². The maximum absolute atomic E-state index is 6.03. The van der Waals surface area contributed by atoms with E-state index < -0.39 is 0 Å². The zero-order valence-electron chi connectivity index (χ0n) is 10.9. The Hall–Kier alpha value is -1.16. The Bertz CT molecular complexity index is 401. The molecule has 1 aromatic heterocycles. The summed E-state index contributed by atoms with van der Waals surface area (Å²) in [6, 6.07) is 2.36. The van der Waals surface area contributed by atoms with E-state index in [1.807, 2.05) is 6.20 Å². The first-order valence-electron chi connectivity index (χ1n) is 7.16. The van der Waals surface area contributed by atoms with Crippen LogP contribution in [0, 0.1) is 0 Å². The van der Waals surface area contributed by atoms with Gasteiger partial charge in [-0.2, -0.15) is 0 Å². The summed E-state index contributed by atoms with van der Waals surface area (Å²) in [7, 11) is 0. The Labute approximate surface area is 109 Å². The molecular weight excluding hydrogens is 224 g/mol. The second-order valence-corrected chi connectivity index (χ2v) is 5.61. The van der Waals surface area contributed by atoms with Crippen LogP contribution in [0.2, 0.25) is 0 Å². The van der Waals surface area contributed by atoms with Crippen LogP contribution in [0.4, 0.5) is 5.95 Å². The van der Waals surface area contributed by atoms with Gasteiger partial charge in [0.2, 0.25) is 5.95 Å². The van der Waals surface area contributed by atoms with E-state index in [9.17, 15) is 0 Å². The molecule has 2 aliphatic rings. The van der Waals surface area contributed by atoms with E-state index in [2.05, 4.69) is 16.0 Å². The fourth-order valence-corrected chi connectivity index (χ4v) is 3.15. The monoisotopic (exact) mass is 246 g/mol. The summed E-state index contributed by atoms with van der Waals surface area (Å²) in [5, 5.41) is 0. The molecule has 2 heterocycles. The fraction of sp³-hybridized carbons (Fsp3) is 0.714. The van der Waals surface area contributed by atoms with Gasteiger partial charge < -0.3 is 10.6 Å². The lowest BCUT2D eigenvalue weighted by molar-refractivity contribution is 0.498. The van der Waals surface area contributed by atoms with Gasteiger partial charge in [-0.3, -0.25) is 0 Å². The second kappa shape index (κ2) is 5.22. The molecule has 18 heavy (non-hydrogen) atoms. The molecule has 0 amide bonds. The van der Waals surface area contributed by atoms with Crippen molar-refractivity contribution in [3.63, 3.8) is 0 Å². The molecule has 0 spiro atoms. The zero-order chi connectivity index (χ0) is 12.4. The molecule has 4 heteroatoms. The molecule has 1 aliphatic heterocycles. The number of aromatic nitrogens is 2. The van der Waals surface area contributed by atoms with Crippen LogP contribution in [-0.4, -0.2) is 29.1 Å². The van der Waals surface area contributed by atoms with Gasteiger partial charge in [0.1, 0.15) is 0 Å². The number of rotatable bonds is 2. The van der Waals surface area contributed by atoms with Crippen molar-refractivity contribution in [3.8, 4) is 0 Å². The van der Waals surface area contributed by atoms with Crippen LogP contribution in [0.1, 0.15) is 50.1 Å². The maximum atomic E-state index is 6.03. The van der Waals surface area contributed by atoms with Crippen LogP contribution in [0.15, 0.2) is 12.3 Å². The molecule has 2 N–H and O–H groups in total. The van der Waals surface area contributed by atoms with Crippen LogP contribution >= 0.6 is 0 Å². The van der Waals surface area contributed by atoms with E-state index >= 15 is 0 Å². The average Bonchev–Trinajstić information content (AvgIpc) is 2.93. The first kappa shape index (κ1) is 11.9. The molecule has 4 nitrogen and oxygen atoms in total. The molecule has 0 aromatic carbocycles. The Morgan fingerprint density at radius 3 is 2.78 bits per heavy atom. The van der Waals surface area contributed by atoms with Gasteiger partial charge in [-0.25, -0.2) is 9.97 Å². The largest absolute Gasteiger partial charge is 0.339 e. The highest BCUT2D eigenvalue weighted by atomic mass is 15.3. The Balaban J connectivity index is 1.77. The molecule has 0 bridgehead atoms. The van der Waals surface area contributed by atoms with E-state index in [4.69, 9.17) is 10.7 Å². The molecule has 2 fully saturated rings. The highest BCUT2D eigenvalue weighted by Gasteiger charge is 2.22. The summed E-state index contributed by atoms with van der Waals surface area (Å²) >= 11 is 0. The van der Waals surface area contributed by atoms with E-state index in [0.29, 0.717) is 5.92 Å². The quantitative estimate of drug-likeness (QED) is 0.868. The minimum atomic E-state index is 0.275. The Morgan fingerprint density at radius 1 is 1.17 bits per heavy atom. The van der Waals surface area contributed by atoms with E-state index in [0.717, 1.165) is 31.9 Å². The van der Waals surface area contributed by atoms with Crippen molar-refractivity contribution < 1.29 is 0 Å². The maximum Gasteiger partial charge on any atom is 0.225 e. The van der Waals surface area contributed by atoms with Crippen molar-refractivity contribution in [2.75, 3.05) is 18.0 Å². The second-order valence-electron chi connectivity index (χ2n) is 5.61. The highest BCUT2D eigenvalue weighted by molar-refractivity contribution is 5.32. The first-order valence-corrected chi connectivity index (χ1v) is 7.16. The number of hydrogen-bond donors (Lipinski definition) is 1. The third kappa shape index (κ3) is 2.48. The first-order chi connectivity index (χ1) is 8.83. The van der Waals surface area contributed by atoms with Gasteiger partial charge in [-0.1, -0.05) is 12.8 Å². The Kier molecular flexibility index (Phi) is 3.46. The van der Waals surface area contributed by atoms with Gasteiger partial charge in [-0.15, -0.1) is 0 Å². The molecule has 1 aliphatic carbocycles. The third-order valence-electron chi connectivity index (χ3n) is 4.18. The van der Waals surface area contributed by atoms with Crippen LogP contribution in [0.5, 0.6) is 0 Å². The molecule has 3 rings (SSSR count). The van der Waals surface area contributed by atoms with E-state index in [1.54, 1.807) is 0 Å². The normalized spacial score (nSPS) is 25.6. The minimum absolute atomic E-state index is 0.275. The molecule has 1 saturated heterocycles. The molecular formula is C14H22N4. The Morgan fingerprint density at radius 2 is 2.00 bits per heavy atom. The standard InChI is InChI=1S/C14H22N4/c15-12-6-3-9-18(10-12)14-16-8-7-13(17-14)11-4-1-2-5-11/h7-8,11-12H,1-6,9-10,15H2. The lowest BCUT2D eigenvalue weighted by Gasteiger charge is -2.31. The predicted molar refractivity (Wildman–Crippen MR) is 72.7 cm³/mol. The smallest absolute Gasteiger partial charge is 0.225 e. The summed E-state index contributed by atoms with van der Waals surface area (Å²) in [5.41, 5.74) is 7.26. The summed E-state index contributed by atoms with van der Waals surface area (Å²) in [4.78, 5) is 11.4. The molecule has 1 aromatic rings.